The molecule has 3 N–H and O–H groups in total. The Hall–Kier alpha value is -1.34. The minimum absolute atomic E-state index is 0. The molecule has 1 saturated carbocycles. The standard InChI is InChI=1S/C20H34N4O3.ClH/c1-14-4-6-17(7-5-14)24-13-16(11-18(24)25)20(27)23-10-2-3-15(12-23)19(26)22-9-8-21;/h14-17H,2-13,21H2,1H3,(H,22,26);1H. The van der Waals surface area contributed by atoms with Crippen LogP contribution in [0, 0.1) is 17.8 Å². The molecule has 2 saturated heterocycles. The normalized spacial score (nSPS) is 30.7. The van der Waals surface area contributed by atoms with Crippen LogP contribution in [0.15, 0.2) is 0 Å². The van der Waals surface area contributed by atoms with E-state index in [1.807, 2.05) is 4.90 Å². The number of carbonyl (C=O) groups excluding carboxylic acids is 3. The lowest BCUT2D eigenvalue weighted by Crippen LogP contribution is -2.48. The van der Waals surface area contributed by atoms with Crippen molar-refractivity contribution in [2.24, 2.45) is 23.5 Å². The maximum atomic E-state index is 13.0. The molecule has 8 heteroatoms. The minimum atomic E-state index is -0.247. The lowest BCUT2D eigenvalue weighted by Gasteiger charge is -2.35. The minimum Gasteiger partial charge on any atom is -0.355 e. The Balaban J connectivity index is 0.00000280. The molecule has 3 amide bonds. The number of hydrogen-bond donors (Lipinski definition) is 2. The van der Waals surface area contributed by atoms with E-state index in [9.17, 15) is 14.4 Å². The van der Waals surface area contributed by atoms with Crippen LogP contribution in [-0.4, -0.2) is 66.3 Å². The Morgan fingerprint density at radius 1 is 1.11 bits per heavy atom. The first-order valence-corrected chi connectivity index (χ1v) is 10.6. The smallest absolute Gasteiger partial charge is 0.228 e. The number of amides is 3. The quantitative estimate of drug-likeness (QED) is 0.705. The maximum Gasteiger partial charge on any atom is 0.228 e. The molecule has 0 bridgehead atoms. The first kappa shape index (κ1) is 22.9. The van der Waals surface area contributed by atoms with E-state index in [1.165, 1.54) is 12.8 Å². The zero-order valence-corrected chi connectivity index (χ0v) is 17.7. The van der Waals surface area contributed by atoms with Gasteiger partial charge in [-0.05, 0) is 44.4 Å². The van der Waals surface area contributed by atoms with E-state index in [2.05, 4.69) is 12.2 Å². The molecule has 28 heavy (non-hydrogen) atoms. The number of rotatable bonds is 5. The fourth-order valence-electron chi connectivity index (χ4n) is 4.79. The zero-order valence-electron chi connectivity index (χ0n) is 16.9. The molecule has 0 radical (unpaired) electrons. The summed E-state index contributed by atoms with van der Waals surface area (Å²) in [5.74, 6) is 0.490. The fourth-order valence-corrected chi connectivity index (χ4v) is 4.79. The summed E-state index contributed by atoms with van der Waals surface area (Å²) in [4.78, 5) is 41.5. The van der Waals surface area contributed by atoms with Gasteiger partial charge in [-0.2, -0.15) is 0 Å². The molecular weight excluding hydrogens is 380 g/mol. The molecule has 3 rings (SSSR count). The summed E-state index contributed by atoms with van der Waals surface area (Å²) < 4.78 is 0. The third kappa shape index (κ3) is 5.38. The molecule has 2 atom stereocenters. The summed E-state index contributed by atoms with van der Waals surface area (Å²) in [6.07, 6.45) is 6.40. The highest BCUT2D eigenvalue weighted by atomic mass is 35.5. The Morgan fingerprint density at radius 3 is 2.50 bits per heavy atom. The van der Waals surface area contributed by atoms with Crippen molar-refractivity contribution in [3.8, 4) is 0 Å². The Bertz CT molecular complexity index is 566. The Labute approximate surface area is 174 Å². The summed E-state index contributed by atoms with van der Waals surface area (Å²) in [6, 6.07) is 0.308. The first-order valence-electron chi connectivity index (χ1n) is 10.6. The molecule has 3 fully saturated rings. The van der Waals surface area contributed by atoms with Crippen molar-refractivity contribution < 1.29 is 14.4 Å². The van der Waals surface area contributed by atoms with Crippen molar-refractivity contribution >= 4 is 30.1 Å². The largest absolute Gasteiger partial charge is 0.355 e. The molecular formula is C20H35ClN4O3. The van der Waals surface area contributed by atoms with Crippen molar-refractivity contribution in [2.75, 3.05) is 32.7 Å². The van der Waals surface area contributed by atoms with Gasteiger partial charge in [-0.1, -0.05) is 6.92 Å². The molecule has 0 spiro atoms. The second-order valence-electron chi connectivity index (χ2n) is 8.56. The third-order valence-electron chi connectivity index (χ3n) is 6.48. The van der Waals surface area contributed by atoms with E-state index in [0.717, 1.165) is 31.6 Å². The van der Waals surface area contributed by atoms with Crippen LogP contribution in [0.1, 0.15) is 51.9 Å². The molecule has 2 unspecified atom stereocenters. The average Bonchev–Trinajstić information content (AvgIpc) is 3.08. The van der Waals surface area contributed by atoms with Crippen molar-refractivity contribution in [2.45, 2.75) is 57.9 Å². The molecule has 7 nitrogen and oxygen atoms in total. The monoisotopic (exact) mass is 414 g/mol. The van der Waals surface area contributed by atoms with Gasteiger partial charge in [0.15, 0.2) is 0 Å². The van der Waals surface area contributed by atoms with Gasteiger partial charge >= 0.3 is 0 Å². The van der Waals surface area contributed by atoms with Crippen LogP contribution in [0.3, 0.4) is 0 Å². The summed E-state index contributed by atoms with van der Waals surface area (Å²) in [7, 11) is 0. The Morgan fingerprint density at radius 2 is 1.82 bits per heavy atom. The number of hydrogen-bond acceptors (Lipinski definition) is 4. The van der Waals surface area contributed by atoms with E-state index in [-0.39, 0.29) is 42.0 Å². The third-order valence-corrected chi connectivity index (χ3v) is 6.48. The molecule has 160 valence electrons. The van der Waals surface area contributed by atoms with Crippen LogP contribution in [0.4, 0.5) is 0 Å². The van der Waals surface area contributed by atoms with E-state index >= 15 is 0 Å². The average molecular weight is 415 g/mol. The highest BCUT2D eigenvalue weighted by Crippen LogP contribution is 2.32. The van der Waals surface area contributed by atoms with Crippen LogP contribution in [-0.2, 0) is 14.4 Å². The van der Waals surface area contributed by atoms with Crippen molar-refractivity contribution in [3.63, 3.8) is 0 Å². The zero-order chi connectivity index (χ0) is 19.4. The van der Waals surface area contributed by atoms with E-state index in [1.54, 1.807) is 4.90 Å². The van der Waals surface area contributed by atoms with Crippen molar-refractivity contribution in [3.05, 3.63) is 0 Å². The van der Waals surface area contributed by atoms with Crippen LogP contribution >= 0.6 is 12.4 Å². The second kappa shape index (κ2) is 10.4. The van der Waals surface area contributed by atoms with E-state index in [0.29, 0.717) is 45.2 Å². The first-order chi connectivity index (χ1) is 13.0. The van der Waals surface area contributed by atoms with Crippen LogP contribution in [0.2, 0.25) is 0 Å². The van der Waals surface area contributed by atoms with Gasteiger partial charge in [0.25, 0.3) is 0 Å². The van der Waals surface area contributed by atoms with Crippen LogP contribution in [0.5, 0.6) is 0 Å². The lowest BCUT2D eigenvalue weighted by molar-refractivity contribution is -0.139. The predicted octanol–water partition coefficient (Wildman–Crippen LogP) is 1.15. The van der Waals surface area contributed by atoms with Gasteiger partial charge in [0, 0.05) is 45.2 Å². The summed E-state index contributed by atoms with van der Waals surface area (Å²) in [5, 5.41) is 2.83. The molecule has 0 aromatic rings. The molecule has 2 heterocycles. The highest BCUT2D eigenvalue weighted by molar-refractivity contribution is 5.90. The van der Waals surface area contributed by atoms with Gasteiger partial charge in [0.2, 0.25) is 17.7 Å². The molecule has 0 aromatic heterocycles. The van der Waals surface area contributed by atoms with Gasteiger partial charge in [-0.25, -0.2) is 0 Å². The Kier molecular flexibility index (Phi) is 8.56. The number of likely N-dealkylation sites (tertiary alicyclic amines) is 2. The SMILES string of the molecule is CC1CCC(N2CC(C(=O)N3CCCC(C(=O)NCCN)C3)CC2=O)CC1.Cl. The number of nitrogens with one attached hydrogen (secondary N) is 1. The van der Waals surface area contributed by atoms with Gasteiger partial charge in [-0.3, -0.25) is 14.4 Å². The van der Waals surface area contributed by atoms with Gasteiger partial charge in [0.05, 0.1) is 11.8 Å². The number of nitrogens with two attached hydrogens (primary N) is 1. The maximum absolute atomic E-state index is 13.0. The van der Waals surface area contributed by atoms with Gasteiger partial charge in [0.1, 0.15) is 0 Å². The van der Waals surface area contributed by atoms with E-state index in [4.69, 9.17) is 5.73 Å². The summed E-state index contributed by atoms with van der Waals surface area (Å²) in [5.41, 5.74) is 5.44. The van der Waals surface area contributed by atoms with Crippen LogP contribution in [0.25, 0.3) is 0 Å². The highest BCUT2D eigenvalue weighted by Gasteiger charge is 2.41. The molecule has 0 aromatic carbocycles. The van der Waals surface area contributed by atoms with Gasteiger partial charge in [-0.15, -0.1) is 12.4 Å². The fraction of sp³-hybridized carbons (Fsp3) is 0.850. The lowest BCUT2D eigenvalue weighted by atomic mass is 9.86. The van der Waals surface area contributed by atoms with Crippen molar-refractivity contribution in [1.29, 1.82) is 0 Å². The molecule has 1 aliphatic carbocycles. The van der Waals surface area contributed by atoms with E-state index < -0.39 is 0 Å². The topological polar surface area (TPSA) is 95.7 Å². The number of carbonyl (C=O) groups is 3. The molecule has 2 aliphatic heterocycles. The molecule has 3 aliphatic rings. The predicted molar refractivity (Wildman–Crippen MR) is 110 cm³/mol. The van der Waals surface area contributed by atoms with Gasteiger partial charge < -0.3 is 20.9 Å². The number of halogens is 1. The summed E-state index contributed by atoms with van der Waals surface area (Å²) in [6.45, 7) is 4.85. The number of piperidine rings is 1. The van der Waals surface area contributed by atoms with Crippen molar-refractivity contribution in [1.82, 2.24) is 15.1 Å². The van der Waals surface area contributed by atoms with Crippen LogP contribution < -0.4 is 11.1 Å². The second-order valence-corrected chi connectivity index (χ2v) is 8.56. The number of nitrogens with zero attached hydrogens (tertiary/aromatic N) is 2. The summed E-state index contributed by atoms with van der Waals surface area (Å²) >= 11 is 0.